The summed E-state index contributed by atoms with van der Waals surface area (Å²) in [6, 6.07) is 6.23. The van der Waals surface area contributed by atoms with Crippen LogP contribution in [-0.4, -0.2) is 12.9 Å². The minimum Gasteiger partial charge on any atom is -0.386 e. The maximum absolute atomic E-state index is 4.37. The Morgan fingerprint density at radius 3 is 2.52 bits per heavy atom. The van der Waals surface area contributed by atoms with Crippen molar-refractivity contribution >= 4 is 17.2 Å². The van der Waals surface area contributed by atoms with Crippen molar-refractivity contribution in [3.05, 3.63) is 59.8 Å². The Morgan fingerprint density at radius 2 is 1.95 bits per heavy atom. The lowest BCUT2D eigenvalue weighted by Gasteiger charge is -2.15. The Balaban J connectivity index is 3.19. The van der Waals surface area contributed by atoms with Gasteiger partial charge in [-0.3, -0.25) is 0 Å². The molecule has 0 unspecified atom stereocenters. The van der Waals surface area contributed by atoms with E-state index >= 15 is 0 Å². The molecule has 1 aromatic carbocycles. The highest BCUT2D eigenvalue weighted by Gasteiger charge is 2.08. The van der Waals surface area contributed by atoms with Crippen LogP contribution < -0.4 is 10.6 Å². The van der Waals surface area contributed by atoms with Crippen LogP contribution in [0.25, 0.3) is 0 Å². The molecule has 0 atom stereocenters. The number of amidine groups is 1. The summed E-state index contributed by atoms with van der Waals surface area (Å²) in [5.74, 6) is 0.806. The van der Waals surface area contributed by atoms with E-state index in [0.717, 1.165) is 22.8 Å². The molecule has 0 heterocycles. The van der Waals surface area contributed by atoms with E-state index in [9.17, 15) is 0 Å². The number of aryl methyl sites for hydroxylation is 1. The lowest BCUT2D eigenvalue weighted by molar-refractivity contribution is 1.36. The van der Waals surface area contributed by atoms with Crippen LogP contribution in [0, 0.1) is 6.92 Å². The van der Waals surface area contributed by atoms with Crippen LogP contribution in [-0.2, 0) is 0 Å². The zero-order valence-electron chi connectivity index (χ0n) is 13.6. The van der Waals surface area contributed by atoms with Gasteiger partial charge in [0.15, 0.2) is 0 Å². The molecule has 3 nitrogen and oxygen atoms in total. The molecular formula is C18H25N3. The van der Waals surface area contributed by atoms with Crippen molar-refractivity contribution in [2.45, 2.75) is 27.7 Å². The molecule has 112 valence electrons. The normalized spacial score (nSPS) is 13.1. The molecule has 1 rings (SSSR count). The quantitative estimate of drug-likeness (QED) is 0.458. The van der Waals surface area contributed by atoms with Gasteiger partial charge in [0.2, 0.25) is 0 Å². The molecule has 1 aromatic rings. The topological polar surface area (TPSA) is 36.4 Å². The van der Waals surface area contributed by atoms with E-state index in [2.05, 4.69) is 67.3 Å². The molecule has 21 heavy (non-hydrogen) atoms. The van der Waals surface area contributed by atoms with Crippen LogP contribution in [0.4, 0.5) is 11.4 Å². The molecule has 3 heteroatoms. The Bertz CT molecular complexity index is 592. The molecule has 0 amide bonds. The molecule has 0 aliphatic rings. The summed E-state index contributed by atoms with van der Waals surface area (Å²) < 4.78 is 0. The van der Waals surface area contributed by atoms with E-state index in [-0.39, 0.29) is 0 Å². The first kappa shape index (κ1) is 16.8. The number of anilines is 2. The van der Waals surface area contributed by atoms with Crippen LogP contribution in [0.1, 0.15) is 26.3 Å². The van der Waals surface area contributed by atoms with Gasteiger partial charge in [-0.15, -0.1) is 0 Å². The van der Waals surface area contributed by atoms with Gasteiger partial charge in [0.05, 0.1) is 11.4 Å². The second kappa shape index (κ2) is 8.10. The maximum Gasteiger partial charge on any atom is 0.133 e. The molecule has 0 aliphatic heterocycles. The zero-order valence-corrected chi connectivity index (χ0v) is 13.6. The van der Waals surface area contributed by atoms with E-state index in [1.54, 1.807) is 6.20 Å². The summed E-state index contributed by atoms with van der Waals surface area (Å²) in [7, 11) is 1.91. The third-order valence-corrected chi connectivity index (χ3v) is 3.28. The van der Waals surface area contributed by atoms with Crippen molar-refractivity contribution < 1.29 is 0 Å². The summed E-state index contributed by atoms with van der Waals surface area (Å²) in [5.41, 5.74) is 5.52. The average molecular weight is 283 g/mol. The zero-order chi connectivity index (χ0) is 15.8. The molecule has 0 aromatic heterocycles. The fourth-order valence-electron chi connectivity index (χ4n) is 1.98. The number of rotatable bonds is 5. The fraction of sp³-hybridized carbons (Fsp3) is 0.278. The number of nitrogens with zero attached hydrogens (tertiary/aromatic N) is 1. The highest BCUT2D eigenvalue weighted by atomic mass is 15.0. The number of nitrogens with one attached hydrogen (secondary N) is 2. The molecule has 0 radical (unpaired) electrons. The third kappa shape index (κ3) is 4.63. The highest BCUT2D eigenvalue weighted by Crippen LogP contribution is 2.23. The predicted molar refractivity (Wildman–Crippen MR) is 95.2 cm³/mol. The van der Waals surface area contributed by atoms with Crippen LogP contribution in [0.5, 0.6) is 0 Å². The minimum atomic E-state index is 0.806. The van der Waals surface area contributed by atoms with E-state index in [1.165, 1.54) is 11.1 Å². The van der Waals surface area contributed by atoms with Crippen molar-refractivity contribution in [1.82, 2.24) is 0 Å². The first-order chi connectivity index (χ1) is 10.0. The molecule has 0 saturated carbocycles. The molecule has 0 spiro atoms. The second-order valence-electron chi connectivity index (χ2n) is 4.89. The maximum atomic E-state index is 4.37. The minimum absolute atomic E-state index is 0.806. The van der Waals surface area contributed by atoms with Crippen LogP contribution in [0.15, 0.2) is 59.3 Å². The smallest absolute Gasteiger partial charge is 0.133 e. The number of allylic oxidation sites excluding steroid dienone is 3. The van der Waals surface area contributed by atoms with Gasteiger partial charge < -0.3 is 10.6 Å². The van der Waals surface area contributed by atoms with Crippen LogP contribution in [0.2, 0.25) is 0 Å². The van der Waals surface area contributed by atoms with E-state index in [1.807, 2.05) is 20.0 Å². The number of hydrogen-bond acceptors (Lipinski definition) is 2. The van der Waals surface area contributed by atoms with E-state index < -0.39 is 0 Å². The van der Waals surface area contributed by atoms with Crippen molar-refractivity contribution in [3.63, 3.8) is 0 Å². The molecule has 2 N–H and O–H groups in total. The summed E-state index contributed by atoms with van der Waals surface area (Å²) in [5, 5.41) is 6.59. The standard InChI is InChI=1S/C18H25N3/c1-7-9-14(4)15(5)18(20-8-2)21-16-11-10-13(3)12-17(16)19-6/h7-12,19H,2H2,1,3-6H3,(H,20,21)/b9-7-,15-14+. The summed E-state index contributed by atoms with van der Waals surface area (Å²) in [6.07, 6.45) is 5.65. The SMILES string of the molecule is C=CN=C(Nc1ccc(C)cc1NC)/C(C)=C(C)/C=C\C. The molecule has 0 fully saturated rings. The number of benzene rings is 1. The third-order valence-electron chi connectivity index (χ3n) is 3.28. The first-order valence-corrected chi connectivity index (χ1v) is 7.08. The Labute approximate surface area is 128 Å². The van der Waals surface area contributed by atoms with Crippen molar-refractivity contribution in [2.75, 3.05) is 17.7 Å². The highest BCUT2D eigenvalue weighted by molar-refractivity contribution is 6.09. The Hall–Kier alpha value is -2.29. The van der Waals surface area contributed by atoms with Crippen molar-refractivity contribution in [2.24, 2.45) is 4.99 Å². The van der Waals surface area contributed by atoms with Gasteiger partial charge in [-0.05, 0) is 56.5 Å². The molecule has 0 aliphatic carbocycles. The van der Waals surface area contributed by atoms with Gasteiger partial charge in [0.1, 0.15) is 5.84 Å². The van der Waals surface area contributed by atoms with Crippen LogP contribution >= 0.6 is 0 Å². The predicted octanol–water partition coefficient (Wildman–Crippen LogP) is 4.90. The average Bonchev–Trinajstić information content (AvgIpc) is 2.47. The Kier molecular flexibility index (Phi) is 6.47. The van der Waals surface area contributed by atoms with Crippen molar-refractivity contribution in [1.29, 1.82) is 0 Å². The van der Waals surface area contributed by atoms with E-state index in [0.29, 0.717) is 0 Å². The lowest BCUT2D eigenvalue weighted by atomic mass is 10.1. The lowest BCUT2D eigenvalue weighted by Crippen LogP contribution is -2.15. The fourth-order valence-corrected chi connectivity index (χ4v) is 1.98. The Morgan fingerprint density at radius 1 is 1.24 bits per heavy atom. The van der Waals surface area contributed by atoms with Crippen LogP contribution in [0.3, 0.4) is 0 Å². The largest absolute Gasteiger partial charge is 0.386 e. The second-order valence-corrected chi connectivity index (χ2v) is 4.89. The van der Waals surface area contributed by atoms with Gasteiger partial charge in [0.25, 0.3) is 0 Å². The summed E-state index contributed by atoms with van der Waals surface area (Å²) >= 11 is 0. The van der Waals surface area contributed by atoms with Gasteiger partial charge in [-0.1, -0.05) is 24.8 Å². The van der Waals surface area contributed by atoms with Gasteiger partial charge in [-0.25, -0.2) is 4.99 Å². The monoisotopic (exact) mass is 283 g/mol. The van der Waals surface area contributed by atoms with Gasteiger partial charge in [0, 0.05) is 13.2 Å². The summed E-state index contributed by atoms with van der Waals surface area (Å²) in [4.78, 5) is 4.37. The van der Waals surface area contributed by atoms with E-state index in [4.69, 9.17) is 0 Å². The summed E-state index contributed by atoms with van der Waals surface area (Å²) in [6.45, 7) is 11.9. The molecule has 0 saturated heterocycles. The first-order valence-electron chi connectivity index (χ1n) is 7.08. The van der Waals surface area contributed by atoms with Gasteiger partial charge in [-0.2, -0.15) is 0 Å². The van der Waals surface area contributed by atoms with Gasteiger partial charge >= 0.3 is 0 Å². The number of hydrogen-bond donors (Lipinski definition) is 2. The molecule has 0 bridgehead atoms. The molecular weight excluding hydrogens is 258 g/mol. The number of aliphatic imine (C=N–C) groups is 1. The van der Waals surface area contributed by atoms with Crippen molar-refractivity contribution in [3.8, 4) is 0 Å².